The summed E-state index contributed by atoms with van der Waals surface area (Å²) >= 11 is 0. The van der Waals surface area contributed by atoms with Crippen LogP contribution in [0, 0.1) is 0 Å². The summed E-state index contributed by atoms with van der Waals surface area (Å²) in [4.78, 5) is 12.3. The van der Waals surface area contributed by atoms with Crippen LogP contribution in [0.5, 0.6) is 5.75 Å². The van der Waals surface area contributed by atoms with E-state index in [2.05, 4.69) is 5.32 Å². The summed E-state index contributed by atoms with van der Waals surface area (Å²) in [6.07, 6.45) is 2.23. The Morgan fingerprint density at radius 3 is 2.44 bits per heavy atom. The van der Waals surface area contributed by atoms with Crippen molar-refractivity contribution in [3.63, 3.8) is 0 Å². The summed E-state index contributed by atoms with van der Waals surface area (Å²) < 4.78 is 33.7. The highest BCUT2D eigenvalue weighted by atomic mass is 32.2. The van der Waals surface area contributed by atoms with Crippen LogP contribution in [0.1, 0.15) is 28.8 Å². The molecule has 0 aromatic heterocycles. The van der Waals surface area contributed by atoms with Gasteiger partial charge in [0.25, 0.3) is 5.91 Å². The number of nitrogens with two attached hydrogens (primary N) is 1. The Labute approximate surface area is 158 Å². The van der Waals surface area contributed by atoms with Gasteiger partial charge in [0.2, 0.25) is 10.0 Å². The lowest BCUT2D eigenvalue weighted by Gasteiger charge is -2.12. The molecule has 1 aliphatic rings. The molecule has 2 aromatic rings. The fraction of sp³-hybridized carbons (Fsp3) is 0.316. The highest BCUT2D eigenvalue weighted by Crippen LogP contribution is 2.17. The van der Waals surface area contributed by atoms with Crippen LogP contribution in [0.25, 0.3) is 0 Å². The van der Waals surface area contributed by atoms with Crippen LogP contribution in [0.4, 0.5) is 0 Å². The van der Waals surface area contributed by atoms with Crippen LogP contribution in [0.2, 0.25) is 0 Å². The van der Waals surface area contributed by atoms with E-state index in [1.807, 2.05) is 0 Å². The summed E-state index contributed by atoms with van der Waals surface area (Å²) in [6.45, 7) is 1.58. The minimum absolute atomic E-state index is 0.0381. The molecule has 1 heterocycles. The average Bonchev–Trinajstić information content (AvgIpc) is 3.18. The Morgan fingerprint density at radius 1 is 1.15 bits per heavy atom. The highest BCUT2D eigenvalue weighted by molar-refractivity contribution is 7.89. The molecule has 0 aliphatic carbocycles. The number of benzene rings is 2. The van der Waals surface area contributed by atoms with Gasteiger partial charge < -0.3 is 14.8 Å². The van der Waals surface area contributed by atoms with E-state index < -0.39 is 10.0 Å². The molecule has 27 heavy (non-hydrogen) atoms. The predicted octanol–water partition coefficient (Wildman–Crippen LogP) is 1.82. The molecule has 1 unspecified atom stereocenters. The first-order valence-electron chi connectivity index (χ1n) is 8.66. The van der Waals surface area contributed by atoms with Crippen LogP contribution < -0.4 is 15.2 Å². The summed E-state index contributed by atoms with van der Waals surface area (Å²) in [6, 6.07) is 13.0. The quantitative estimate of drug-likeness (QED) is 0.750. The maximum Gasteiger partial charge on any atom is 0.251 e. The monoisotopic (exact) mass is 390 g/mol. The van der Waals surface area contributed by atoms with E-state index in [-0.39, 0.29) is 23.5 Å². The Bertz CT molecular complexity index is 873. The fourth-order valence-corrected chi connectivity index (χ4v) is 3.26. The van der Waals surface area contributed by atoms with Crippen molar-refractivity contribution in [3.8, 4) is 5.75 Å². The van der Waals surface area contributed by atoms with Crippen molar-refractivity contribution in [1.29, 1.82) is 0 Å². The number of hydrogen-bond acceptors (Lipinski definition) is 5. The van der Waals surface area contributed by atoms with E-state index in [1.165, 1.54) is 12.1 Å². The normalized spacial score (nSPS) is 16.9. The van der Waals surface area contributed by atoms with Crippen LogP contribution in [0.15, 0.2) is 53.4 Å². The van der Waals surface area contributed by atoms with Gasteiger partial charge in [-0.1, -0.05) is 12.1 Å². The third-order valence-corrected chi connectivity index (χ3v) is 5.21. The molecule has 0 radical (unpaired) electrons. The lowest BCUT2D eigenvalue weighted by Crippen LogP contribution is -2.22. The fourth-order valence-electron chi connectivity index (χ4n) is 2.75. The summed E-state index contributed by atoms with van der Waals surface area (Å²) in [7, 11) is -3.72. The number of carbonyl (C=O) groups is 1. The van der Waals surface area contributed by atoms with Gasteiger partial charge in [-0.3, -0.25) is 4.79 Å². The van der Waals surface area contributed by atoms with Gasteiger partial charge in [-0.05, 0) is 54.8 Å². The van der Waals surface area contributed by atoms with Gasteiger partial charge in [0.15, 0.2) is 0 Å². The van der Waals surface area contributed by atoms with Crippen LogP contribution >= 0.6 is 0 Å². The zero-order chi connectivity index (χ0) is 19.3. The van der Waals surface area contributed by atoms with E-state index in [0.29, 0.717) is 17.9 Å². The number of amides is 1. The standard InChI is InChI=1S/C19H22N2O5S/c20-27(23,24)18-9-3-14(4-10-18)12-21-19(22)15-5-7-16(8-6-15)26-13-17-2-1-11-25-17/h3-10,17H,1-2,11-13H2,(H,21,22)(H2,20,23,24). The molecule has 3 rings (SSSR count). The van der Waals surface area contributed by atoms with Crippen LogP contribution in [-0.2, 0) is 21.3 Å². The maximum absolute atomic E-state index is 12.2. The lowest BCUT2D eigenvalue weighted by molar-refractivity contribution is 0.0679. The average molecular weight is 390 g/mol. The van der Waals surface area contributed by atoms with Crippen molar-refractivity contribution in [2.45, 2.75) is 30.4 Å². The molecule has 8 heteroatoms. The molecular formula is C19H22N2O5S. The molecule has 1 fully saturated rings. The number of primary sulfonamides is 1. The van der Waals surface area contributed by atoms with Crippen molar-refractivity contribution in [2.24, 2.45) is 5.14 Å². The number of sulfonamides is 1. The molecule has 144 valence electrons. The topological polar surface area (TPSA) is 108 Å². The van der Waals surface area contributed by atoms with Crippen molar-refractivity contribution in [3.05, 3.63) is 59.7 Å². The Hall–Kier alpha value is -2.42. The van der Waals surface area contributed by atoms with Crippen molar-refractivity contribution >= 4 is 15.9 Å². The number of carbonyl (C=O) groups excluding carboxylic acids is 1. The van der Waals surface area contributed by atoms with Gasteiger partial charge >= 0.3 is 0 Å². The lowest BCUT2D eigenvalue weighted by atomic mass is 10.2. The van der Waals surface area contributed by atoms with E-state index in [4.69, 9.17) is 14.6 Å². The van der Waals surface area contributed by atoms with Crippen molar-refractivity contribution < 1.29 is 22.7 Å². The first-order chi connectivity index (χ1) is 12.9. The van der Waals surface area contributed by atoms with Gasteiger partial charge in [-0.15, -0.1) is 0 Å². The zero-order valence-electron chi connectivity index (χ0n) is 14.8. The molecule has 1 aliphatic heterocycles. The Balaban J connectivity index is 1.50. The second-order valence-electron chi connectivity index (χ2n) is 6.34. The number of nitrogens with one attached hydrogen (secondary N) is 1. The van der Waals surface area contributed by atoms with Crippen LogP contribution in [-0.4, -0.2) is 33.6 Å². The number of rotatable bonds is 7. The maximum atomic E-state index is 12.2. The summed E-state index contributed by atoms with van der Waals surface area (Å²) in [5.74, 6) is 0.469. The molecule has 7 nitrogen and oxygen atoms in total. The number of ether oxygens (including phenoxy) is 2. The van der Waals surface area contributed by atoms with Gasteiger partial charge in [-0.25, -0.2) is 13.6 Å². The molecule has 0 spiro atoms. The summed E-state index contributed by atoms with van der Waals surface area (Å²) in [5, 5.41) is 7.85. The smallest absolute Gasteiger partial charge is 0.251 e. The minimum atomic E-state index is -3.72. The first-order valence-corrected chi connectivity index (χ1v) is 10.2. The molecule has 1 atom stereocenters. The van der Waals surface area contributed by atoms with E-state index >= 15 is 0 Å². The van der Waals surface area contributed by atoms with E-state index in [0.717, 1.165) is 25.0 Å². The molecule has 3 N–H and O–H groups in total. The molecule has 1 saturated heterocycles. The Morgan fingerprint density at radius 2 is 1.85 bits per heavy atom. The number of hydrogen-bond donors (Lipinski definition) is 2. The largest absolute Gasteiger partial charge is 0.491 e. The van der Waals surface area contributed by atoms with Crippen molar-refractivity contribution in [1.82, 2.24) is 5.32 Å². The second kappa shape index (κ2) is 8.51. The van der Waals surface area contributed by atoms with E-state index in [1.54, 1.807) is 36.4 Å². The molecule has 0 bridgehead atoms. The SMILES string of the molecule is NS(=O)(=O)c1ccc(CNC(=O)c2ccc(OCC3CCCO3)cc2)cc1. The van der Waals surface area contributed by atoms with Gasteiger partial charge in [0, 0.05) is 18.7 Å². The molecule has 1 amide bonds. The molecular weight excluding hydrogens is 368 g/mol. The predicted molar refractivity (Wildman–Crippen MR) is 99.9 cm³/mol. The zero-order valence-corrected chi connectivity index (χ0v) is 15.6. The minimum Gasteiger partial charge on any atom is -0.491 e. The first kappa shape index (κ1) is 19.3. The second-order valence-corrected chi connectivity index (χ2v) is 7.90. The van der Waals surface area contributed by atoms with Gasteiger partial charge in [0.05, 0.1) is 11.0 Å². The summed E-state index contributed by atoms with van der Waals surface area (Å²) in [5.41, 5.74) is 1.29. The van der Waals surface area contributed by atoms with Gasteiger partial charge in [0.1, 0.15) is 12.4 Å². The third kappa shape index (κ3) is 5.53. The molecule has 0 saturated carbocycles. The molecule has 2 aromatic carbocycles. The third-order valence-electron chi connectivity index (χ3n) is 4.28. The van der Waals surface area contributed by atoms with Gasteiger partial charge in [-0.2, -0.15) is 0 Å². The van der Waals surface area contributed by atoms with Crippen molar-refractivity contribution in [2.75, 3.05) is 13.2 Å². The Kier molecular flexibility index (Phi) is 6.10. The van der Waals surface area contributed by atoms with E-state index in [9.17, 15) is 13.2 Å². The highest BCUT2D eigenvalue weighted by Gasteiger charge is 2.16. The van der Waals surface area contributed by atoms with Crippen LogP contribution in [0.3, 0.4) is 0 Å².